The van der Waals surface area contributed by atoms with Crippen LogP contribution >= 0.6 is 0 Å². The average Bonchev–Trinajstić information content (AvgIpc) is 1.68. The zero-order valence-corrected chi connectivity index (χ0v) is 54.0. The van der Waals surface area contributed by atoms with Crippen molar-refractivity contribution < 1.29 is 18.9 Å². The van der Waals surface area contributed by atoms with Gasteiger partial charge in [-0.1, -0.05) is 296 Å². The average molecular weight is 1210 g/mol. The molecule has 0 atom stereocenters. The van der Waals surface area contributed by atoms with Gasteiger partial charge in [0.25, 0.3) is 6.33 Å². The Morgan fingerprint density at radius 1 is 0.511 bits per heavy atom. The third-order valence-electron chi connectivity index (χ3n) is 17.5. The van der Waals surface area contributed by atoms with Crippen LogP contribution in [0.4, 0.5) is 0 Å². The van der Waals surface area contributed by atoms with Crippen LogP contribution in [0.2, 0.25) is 13.1 Å². The van der Waals surface area contributed by atoms with Crippen LogP contribution in [0.25, 0.3) is 72.3 Å². The monoisotopic (exact) mass is 1210 g/mol. The van der Waals surface area contributed by atoms with Gasteiger partial charge in [0.05, 0.1) is 40.3 Å². The molecule has 0 radical (unpaired) electrons. The molecule has 0 aliphatic heterocycles. The maximum Gasteiger partial charge on any atom is 0.269 e. The molecule has 90 heavy (non-hydrogen) atoms. The summed E-state index contributed by atoms with van der Waals surface area (Å²) in [6, 6.07) is 88.6. The molecule has 0 amide bonds. The molecule has 0 bridgehead atoms. The quantitative estimate of drug-likeness (QED) is 0.0471. The molecule has 0 fully saturated rings. The Labute approximate surface area is 541 Å². The summed E-state index contributed by atoms with van der Waals surface area (Å²) in [7, 11) is -5.56. The number of para-hydroxylation sites is 3. The van der Waals surface area contributed by atoms with Crippen LogP contribution in [-0.4, -0.2) is 30.3 Å². The standard InChI is InChI=1S/C83H74N4OSi2/c1-82(2,3)56-61-51-80(84-57-74(61)59-30-14-9-15-31-59)87-75-45-25-24-44-71(75)72-49-48-65(55-78(72)87)88-64-34-29-33-63(54-64)85-58-86(77-47-27-26-46-76(77)85)81-73(52-62(83(4,5)6)53-79(81)89(7,8)66-35-16-10-17-36-66)60-32-28-43-70(50-60)90(67-37-18-11-19-38-67,68-39-20-12-21-40-68)69-41-22-13-23-42-69/h9-55,57H,56H2,1-8H3/i9D,14D,15D,30D,31D,56D2. The fourth-order valence-corrected chi connectivity index (χ4v) is 20.6. The van der Waals surface area contributed by atoms with Crippen LogP contribution in [-0.2, 0) is 11.8 Å². The molecule has 3 aromatic heterocycles. The first-order valence-electron chi connectivity index (χ1n) is 34.4. The minimum Gasteiger partial charge on any atom is -0.458 e. The van der Waals surface area contributed by atoms with E-state index in [0.717, 1.165) is 55.3 Å². The molecular formula is C83H74N4OSi2. The summed E-state index contributed by atoms with van der Waals surface area (Å²) in [5.41, 5.74) is 7.89. The number of rotatable bonds is 14. The lowest BCUT2D eigenvalue weighted by atomic mass is 9.84. The molecule has 0 aliphatic rings. The predicted molar refractivity (Wildman–Crippen MR) is 382 cm³/mol. The van der Waals surface area contributed by atoms with Crippen molar-refractivity contribution >= 4 is 80.1 Å². The van der Waals surface area contributed by atoms with Crippen LogP contribution in [0, 0.1) is 11.7 Å². The van der Waals surface area contributed by atoms with E-state index in [1.165, 1.54) is 42.9 Å². The van der Waals surface area contributed by atoms with Gasteiger partial charge in [0, 0.05) is 31.3 Å². The third-order valence-corrected chi connectivity index (χ3v) is 25.8. The Bertz CT molecular complexity index is 5230. The summed E-state index contributed by atoms with van der Waals surface area (Å²) in [5.74, 6) is 1.53. The highest BCUT2D eigenvalue weighted by molar-refractivity contribution is 7.20. The van der Waals surface area contributed by atoms with Crippen molar-refractivity contribution in [3.8, 4) is 50.9 Å². The SMILES string of the molecule is [2H]c1c([2H])c([2H])c(-c2cnc(-n3c4ccccc4c4ccc(Oc5cccc(-n6[c-][n+](-c7c(-c8cccc([Si](c9ccccc9)(c9ccccc9)c9ccccc9)c8)cc(C(C)(C)C)cc7[Si](C)(C)c7ccccc7)c7ccccc76)c5)cc43)cc2C([2H])([2H])C(C)(C)C)c([2H])c1[2H]. The zero-order chi connectivity index (χ0) is 67.9. The number of pyridine rings is 1. The summed E-state index contributed by atoms with van der Waals surface area (Å²) in [4.78, 5) is 4.96. The molecule has 3 heterocycles. The second-order valence-corrected chi connectivity index (χ2v) is 34.1. The first-order chi connectivity index (χ1) is 46.5. The Morgan fingerprint density at radius 3 is 1.74 bits per heavy atom. The first-order valence-corrected chi connectivity index (χ1v) is 35.9. The molecule has 5 nitrogen and oxygen atoms in total. The van der Waals surface area contributed by atoms with Gasteiger partial charge in [0.2, 0.25) is 0 Å². The maximum absolute atomic E-state index is 9.67. The highest BCUT2D eigenvalue weighted by Crippen LogP contribution is 2.39. The number of imidazole rings is 1. The Kier molecular flexibility index (Phi) is 12.9. The second-order valence-electron chi connectivity index (χ2n) is 25.9. The summed E-state index contributed by atoms with van der Waals surface area (Å²) in [5, 5.41) is 9.68. The number of aromatic nitrogens is 4. The minimum atomic E-state index is -2.97. The topological polar surface area (TPSA) is 35.9 Å². The van der Waals surface area contributed by atoms with Crippen molar-refractivity contribution in [2.75, 3.05) is 0 Å². The van der Waals surface area contributed by atoms with Gasteiger partial charge < -0.3 is 4.74 Å². The summed E-state index contributed by atoms with van der Waals surface area (Å²) in [6.07, 6.45) is 3.39. The number of ether oxygens (including phenoxy) is 1. The number of nitrogens with zero attached hydrogens (tertiary/aromatic N) is 4. The van der Waals surface area contributed by atoms with E-state index in [9.17, 15) is 2.74 Å². The molecule has 0 saturated carbocycles. The van der Waals surface area contributed by atoms with E-state index in [-0.39, 0.29) is 22.1 Å². The van der Waals surface area contributed by atoms with E-state index in [0.29, 0.717) is 17.3 Å². The van der Waals surface area contributed by atoms with E-state index in [2.05, 4.69) is 237 Å². The molecule has 0 aliphatic carbocycles. The number of hydrogen-bond acceptors (Lipinski definition) is 2. The zero-order valence-electron chi connectivity index (χ0n) is 59.0. The molecule has 0 N–H and O–H groups in total. The van der Waals surface area contributed by atoms with E-state index >= 15 is 0 Å². The Balaban J connectivity index is 0.933. The van der Waals surface area contributed by atoms with E-state index in [1.807, 2.05) is 65.2 Å². The molecule has 0 saturated heterocycles. The number of benzene rings is 11. The van der Waals surface area contributed by atoms with Gasteiger partial charge >= 0.3 is 0 Å². The van der Waals surface area contributed by atoms with Gasteiger partial charge in [-0.25, -0.2) is 4.98 Å². The smallest absolute Gasteiger partial charge is 0.269 e. The van der Waals surface area contributed by atoms with E-state index < -0.39 is 58.1 Å². The molecule has 7 heteroatoms. The fraction of sp³-hybridized carbons (Fsp3) is 0.133. The van der Waals surface area contributed by atoms with Crippen LogP contribution < -0.4 is 40.4 Å². The summed E-state index contributed by atoms with van der Waals surface area (Å²) < 4.78 is 76.0. The highest BCUT2D eigenvalue weighted by atomic mass is 28.3. The van der Waals surface area contributed by atoms with Crippen molar-refractivity contribution in [1.82, 2.24) is 14.1 Å². The lowest BCUT2D eigenvalue weighted by molar-refractivity contribution is -0.570. The van der Waals surface area contributed by atoms with Gasteiger partial charge in [-0.2, -0.15) is 0 Å². The predicted octanol–water partition coefficient (Wildman–Crippen LogP) is 16.4. The van der Waals surface area contributed by atoms with Crippen molar-refractivity contribution in [2.45, 2.75) is 66.4 Å². The van der Waals surface area contributed by atoms with Crippen molar-refractivity contribution in [3.63, 3.8) is 0 Å². The number of hydrogen-bond donors (Lipinski definition) is 0. The summed E-state index contributed by atoms with van der Waals surface area (Å²) in [6.45, 7) is 17.3. The fourth-order valence-electron chi connectivity index (χ4n) is 13.2. The first kappa shape index (κ1) is 50.0. The van der Waals surface area contributed by atoms with Crippen molar-refractivity contribution in [1.29, 1.82) is 0 Å². The van der Waals surface area contributed by atoms with Crippen LogP contribution in [0.5, 0.6) is 11.5 Å². The van der Waals surface area contributed by atoms with E-state index in [1.54, 1.807) is 26.8 Å². The van der Waals surface area contributed by atoms with Gasteiger partial charge in [0.15, 0.2) is 8.07 Å². The lowest BCUT2D eigenvalue weighted by Gasteiger charge is -2.35. The van der Waals surface area contributed by atoms with Crippen LogP contribution in [0.1, 0.15) is 62.3 Å². The molecule has 440 valence electrons. The largest absolute Gasteiger partial charge is 0.458 e. The molecule has 14 rings (SSSR count). The molecule has 0 unspecified atom stereocenters. The molecule has 0 spiro atoms. The van der Waals surface area contributed by atoms with Crippen molar-refractivity contribution in [2.24, 2.45) is 5.41 Å². The normalized spacial score (nSPS) is 13.5. The Hall–Kier alpha value is -9.93. The van der Waals surface area contributed by atoms with E-state index in [4.69, 9.17) is 16.6 Å². The molecular weight excluding hydrogens is 1130 g/mol. The highest BCUT2D eigenvalue weighted by Gasteiger charge is 2.42. The number of fused-ring (bicyclic) bond motifs is 4. The maximum atomic E-state index is 9.67. The minimum absolute atomic E-state index is 0.108. The summed E-state index contributed by atoms with van der Waals surface area (Å²) >= 11 is 0. The van der Waals surface area contributed by atoms with Gasteiger partial charge in [-0.3, -0.25) is 13.7 Å². The lowest BCUT2D eigenvalue weighted by Crippen LogP contribution is -2.74. The van der Waals surface area contributed by atoms with Crippen LogP contribution in [0.3, 0.4) is 0 Å². The molecule has 14 aromatic rings. The van der Waals surface area contributed by atoms with Crippen LogP contribution in [0.15, 0.2) is 291 Å². The third kappa shape index (κ3) is 10.6. The molecule has 11 aromatic carbocycles. The van der Waals surface area contributed by atoms with Gasteiger partial charge in [-0.15, -0.1) is 0 Å². The van der Waals surface area contributed by atoms with Gasteiger partial charge in [0.1, 0.15) is 25.4 Å². The second kappa shape index (κ2) is 23.2. The van der Waals surface area contributed by atoms with Gasteiger partial charge in [-0.05, 0) is 113 Å². The Morgan fingerprint density at radius 2 is 1.09 bits per heavy atom. The van der Waals surface area contributed by atoms with Crippen molar-refractivity contribution in [3.05, 3.63) is 309 Å².